The highest BCUT2D eigenvalue weighted by Gasteiger charge is 2.28. The molecule has 3 aromatic rings. The Labute approximate surface area is 225 Å². The van der Waals surface area contributed by atoms with E-state index in [0.717, 1.165) is 52.2 Å². The van der Waals surface area contributed by atoms with Gasteiger partial charge in [-0.3, -0.25) is 14.5 Å². The molecule has 0 aliphatic carbocycles. The number of carboxylic acid groups (broad SMARTS) is 1. The second-order valence-corrected chi connectivity index (χ2v) is 10.6. The number of anilines is 2. The minimum Gasteiger partial charge on any atom is -0.481 e. The molecule has 2 heterocycles. The third-order valence-corrected chi connectivity index (χ3v) is 7.42. The maximum atomic E-state index is 13.2. The molecule has 3 aromatic carbocycles. The maximum absolute atomic E-state index is 13.2. The van der Waals surface area contributed by atoms with E-state index in [1.807, 2.05) is 42.5 Å². The molecule has 7 heteroatoms. The molecule has 0 bridgehead atoms. The number of piperidine rings is 1. The number of nitrogens with one attached hydrogen (secondary N) is 2. The van der Waals surface area contributed by atoms with Gasteiger partial charge in [0.05, 0.1) is 17.0 Å². The van der Waals surface area contributed by atoms with Gasteiger partial charge in [-0.15, -0.1) is 0 Å². The van der Waals surface area contributed by atoms with Gasteiger partial charge in [0.25, 0.3) is 5.91 Å². The lowest BCUT2D eigenvalue weighted by atomic mass is 9.98. The Morgan fingerprint density at radius 3 is 2.35 bits per heavy atom. The second-order valence-electron chi connectivity index (χ2n) is 9.64. The Hall–Kier alpha value is -3.42. The number of aryl methyl sites for hydroxylation is 1. The van der Waals surface area contributed by atoms with Gasteiger partial charge in [0.15, 0.2) is 0 Å². The first-order chi connectivity index (χ1) is 18.0. The Bertz CT molecular complexity index is 1330. The summed E-state index contributed by atoms with van der Waals surface area (Å²) in [7, 11) is 0. The molecule has 0 aromatic heterocycles. The van der Waals surface area contributed by atoms with Crippen molar-refractivity contribution in [2.24, 2.45) is 0 Å². The normalized spacial score (nSPS) is 16.7. The van der Waals surface area contributed by atoms with Crippen LogP contribution >= 0.6 is 15.9 Å². The average Bonchev–Trinajstić information content (AvgIpc) is 3.22. The average molecular weight is 560 g/mol. The monoisotopic (exact) mass is 559 g/mol. The molecule has 1 amide bonds. The van der Waals surface area contributed by atoms with Crippen LogP contribution in [0.3, 0.4) is 0 Å². The number of carbonyl (C=O) groups excluding carboxylic acids is 1. The number of hydrogen-bond donors (Lipinski definition) is 3. The highest BCUT2D eigenvalue weighted by molar-refractivity contribution is 9.10. The molecule has 6 nitrogen and oxygen atoms in total. The predicted octanol–water partition coefficient (Wildman–Crippen LogP) is 6.38. The Kier molecular flexibility index (Phi) is 7.72. The zero-order valence-electron chi connectivity index (χ0n) is 20.6. The summed E-state index contributed by atoms with van der Waals surface area (Å²) in [6.07, 6.45) is 4.41. The van der Waals surface area contributed by atoms with Crippen molar-refractivity contribution in [2.45, 2.75) is 38.6 Å². The Morgan fingerprint density at radius 2 is 1.65 bits per heavy atom. The molecule has 0 radical (unpaired) electrons. The van der Waals surface area contributed by atoms with Gasteiger partial charge in [-0.05, 0) is 73.3 Å². The molecule has 1 saturated heterocycles. The number of amides is 1. The van der Waals surface area contributed by atoms with E-state index in [2.05, 4.69) is 55.7 Å². The Balaban J connectivity index is 1.46. The number of carbonyl (C=O) groups is 2. The van der Waals surface area contributed by atoms with Gasteiger partial charge in [-0.1, -0.05) is 64.8 Å². The highest BCUT2D eigenvalue weighted by Crippen LogP contribution is 2.39. The fraction of sp³-hybridized carbons (Fsp3) is 0.267. The van der Waals surface area contributed by atoms with Crippen molar-refractivity contribution >= 4 is 50.5 Å². The molecule has 0 saturated carbocycles. The summed E-state index contributed by atoms with van der Waals surface area (Å²) in [6, 6.07) is 22.0. The van der Waals surface area contributed by atoms with Crippen LogP contribution in [-0.2, 0) is 22.6 Å². The zero-order chi connectivity index (χ0) is 25.8. The van der Waals surface area contributed by atoms with Crippen LogP contribution in [0.5, 0.6) is 0 Å². The van der Waals surface area contributed by atoms with Crippen LogP contribution in [0.4, 0.5) is 11.4 Å². The Morgan fingerprint density at radius 1 is 0.946 bits per heavy atom. The summed E-state index contributed by atoms with van der Waals surface area (Å²) in [6.45, 7) is 3.27. The van der Waals surface area contributed by atoms with Gasteiger partial charge in [0, 0.05) is 28.7 Å². The fourth-order valence-corrected chi connectivity index (χ4v) is 5.34. The van der Waals surface area contributed by atoms with Gasteiger partial charge in [0.1, 0.15) is 0 Å². The second kappa shape index (κ2) is 11.3. The third kappa shape index (κ3) is 6.12. The number of rotatable bonds is 8. The minimum atomic E-state index is -0.817. The molecular formula is C30H30BrN3O3. The summed E-state index contributed by atoms with van der Waals surface area (Å²) in [4.78, 5) is 26.6. The van der Waals surface area contributed by atoms with Crippen LogP contribution in [0.2, 0.25) is 0 Å². The van der Waals surface area contributed by atoms with Crippen LogP contribution in [0.1, 0.15) is 47.9 Å². The van der Waals surface area contributed by atoms with E-state index in [0.29, 0.717) is 17.7 Å². The smallest absolute Gasteiger partial charge is 0.303 e. The van der Waals surface area contributed by atoms with Crippen molar-refractivity contribution in [2.75, 3.05) is 23.7 Å². The number of likely N-dealkylation sites (tertiary alicyclic amines) is 1. The maximum Gasteiger partial charge on any atom is 0.303 e. The fourth-order valence-electron chi connectivity index (χ4n) is 4.98. The molecule has 3 N–H and O–H groups in total. The summed E-state index contributed by atoms with van der Waals surface area (Å²) in [5, 5.41) is 15.5. The van der Waals surface area contributed by atoms with Gasteiger partial charge in [-0.2, -0.15) is 0 Å². The third-order valence-electron chi connectivity index (χ3n) is 6.92. The van der Waals surface area contributed by atoms with E-state index < -0.39 is 5.97 Å². The highest BCUT2D eigenvalue weighted by atomic mass is 79.9. The molecule has 37 heavy (non-hydrogen) atoms. The topological polar surface area (TPSA) is 81.7 Å². The summed E-state index contributed by atoms with van der Waals surface area (Å²) in [5.74, 6) is -0.977. The lowest BCUT2D eigenvalue weighted by molar-refractivity contribution is -0.137. The number of aliphatic carboxylic acids is 1. The first-order valence-electron chi connectivity index (χ1n) is 12.7. The molecule has 0 spiro atoms. The van der Waals surface area contributed by atoms with Gasteiger partial charge in [0.2, 0.25) is 0 Å². The van der Waals surface area contributed by atoms with Crippen molar-refractivity contribution in [3.8, 4) is 0 Å². The first-order valence-corrected chi connectivity index (χ1v) is 13.5. The quantitative estimate of drug-likeness (QED) is 0.279. The van der Waals surface area contributed by atoms with Crippen molar-refractivity contribution in [1.82, 2.24) is 4.90 Å². The van der Waals surface area contributed by atoms with E-state index >= 15 is 0 Å². The molecule has 2 aliphatic heterocycles. The first kappa shape index (κ1) is 25.2. The van der Waals surface area contributed by atoms with E-state index in [1.54, 1.807) is 0 Å². The lowest BCUT2D eigenvalue weighted by Gasteiger charge is -2.26. The van der Waals surface area contributed by atoms with Crippen LogP contribution in [0.25, 0.3) is 11.3 Å². The van der Waals surface area contributed by atoms with E-state index in [9.17, 15) is 9.59 Å². The molecule has 2 aliphatic rings. The van der Waals surface area contributed by atoms with Crippen molar-refractivity contribution in [1.29, 1.82) is 0 Å². The van der Waals surface area contributed by atoms with Crippen LogP contribution in [0.15, 0.2) is 71.2 Å². The molecular weight excluding hydrogens is 530 g/mol. The minimum absolute atomic E-state index is 0.0833. The summed E-state index contributed by atoms with van der Waals surface area (Å²) < 4.78 is 0.898. The molecule has 0 unspecified atom stereocenters. The van der Waals surface area contributed by atoms with Crippen molar-refractivity contribution in [3.05, 3.63) is 93.5 Å². The van der Waals surface area contributed by atoms with Crippen LogP contribution in [-0.4, -0.2) is 35.0 Å². The number of hydrogen-bond acceptors (Lipinski definition) is 4. The van der Waals surface area contributed by atoms with Crippen LogP contribution < -0.4 is 10.6 Å². The van der Waals surface area contributed by atoms with Gasteiger partial charge in [-0.25, -0.2) is 0 Å². The lowest BCUT2D eigenvalue weighted by Crippen LogP contribution is -2.29. The van der Waals surface area contributed by atoms with Gasteiger partial charge < -0.3 is 15.7 Å². The van der Waals surface area contributed by atoms with E-state index in [4.69, 9.17) is 5.11 Å². The van der Waals surface area contributed by atoms with Crippen molar-refractivity contribution < 1.29 is 14.7 Å². The van der Waals surface area contributed by atoms with Crippen molar-refractivity contribution in [3.63, 3.8) is 0 Å². The standard InChI is InChI=1S/C30H30BrN3O3/c31-23-11-14-25-26(18-23)33-30(37)28(25)29(22-9-4-20(5-10-22)8-15-27(35)36)32-24-12-6-21(7-13-24)19-34-16-2-1-3-17-34/h4-7,9-14,18,32H,1-3,8,15-17,19H2,(H,33,37)(H,35,36). The number of nitrogens with zero attached hydrogens (tertiary/aromatic N) is 1. The molecule has 5 rings (SSSR count). The summed E-state index contributed by atoms with van der Waals surface area (Å²) >= 11 is 3.49. The largest absolute Gasteiger partial charge is 0.481 e. The number of benzene rings is 3. The predicted molar refractivity (Wildman–Crippen MR) is 151 cm³/mol. The SMILES string of the molecule is O=C(O)CCc1ccc(C(Nc2ccc(CN3CCCCC3)cc2)=C2C(=O)Nc3cc(Br)ccc32)cc1. The van der Waals surface area contributed by atoms with E-state index in [1.165, 1.54) is 24.8 Å². The molecule has 1 fully saturated rings. The van der Waals surface area contributed by atoms with E-state index in [-0.39, 0.29) is 12.3 Å². The van der Waals surface area contributed by atoms with Crippen LogP contribution in [0, 0.1) is 0 Å². The summed E-state index contributed by atoms with van der Waals surface area (Å²) in [5.41, 5.74) is 6.88. The number of fused-ring (bicyclic) bond motifs is 1. The van der Waals surface area contributed by atoms with Gasteiger partial charge >= 0.3 is 5.97 Å². The number of halogens is 1. The molecule has 190 valence electrons. The zero-order valence-corrected chi connectivity index (χ0v) is 22.2. The molecule has 0 atom stereocenters. The number of carboxylic acids is 1.